The van der Waals surface area contributed by atoms with Crippen LogP contribution in [0, 0.1) is 5.82 Å². The number of hydrogen-bond acceptors (Lipinski definition) is 7. The minimum Gasteiger partial charge on any atom is -0.492 e. The van der Waals surface area contributed by atoms with Crippen molar-refractivity contribution in [1.82, 2.24) is 14.9 Å². The van der Waals surface area contributed by atoms with Crippen LogP contribution in [-0.4, -0.2) is 46.3 Å². The van der Waals surface area contributed by atoms with E-state index >= 15 is 0 Å². The summed E-state index contributed by atoms with van der Waals surface area (Å²) in [6, 6.07) is 6.23. The Labute approximate surface area is 249 Å². The van der Waals surface area contributed by atoms with Crippen LogP contribution < -0.4 is 15.2 Å². The molecule has 1 aliphatic rings. The van der Waals surface area contributed by atoms with E-state index in [0.717, 1.165) is 11.1 Å². The van der Waals surface area contributed by atoms with E-state index in [4.69, 9.17) is 48.1 Å². The second kappa shape index (κ2) is 12.5. The zero-order chi connectivity index (χ0) is 29.9. The van der Waals surface area contributed by atoms with Gasteiger partial charge in [-0.3, -0.25) is 4.98 Å². The first-order valence-electron chi connectivity index (χ1n) is 13.2. The van der Waals surface area contributed by atoms with E-state index in [-0.39, 0.29) is 27.7 Å². The number of carbonyl (C=O) groups excluding carboxylic acids is 1. The molecular formula is C30H33Cl2FN4O4. The molecule has 0 radical (unpaired) electrons. The smallest absolute Gasteiger partial charge is 0.410 e. The highest BCUT2D eigenvalue weighted by molar-refractivity contribution is 6.36. The average molecular weight is 604 g/mol. The van der Waals surface area contributed by atoms with Crippen LogP contribution in [0.25, 0.3) is 16.7 Å². The highest BCUT2D eigenvalue weighted by atomic mass is 35.5. The number of amides is 1. The van der Waals surface area contributed by atoms with Crippen molar-refractivity contribution in [1.29, 1.82) is 0 Å². The second-order valence-electron chi connectivity index (χ2n) is 10.5. The van der Waals surface area contributed by atoms with Gasteiger partial charge in [0, 0.05) is 47.2 Å². The molecule has 3 aromatic rings. The molecule has 4 rings (SSSR count). The first-order valence-corrected chi connectivity index (χ1v) is 14.0. The van der Waals surface area contributed by atoms with Gasteiger partial charge in [-0.05, 0) is 70.9 Å². The fourth-order valence-corrected chi connectivity index (χ4v) is 5.04. The van der Waals surface area contributed by atoms with Gasteiger partial charge in [0.2, 0.25) is 0 Å². The number of benzene rings is 1. The van der Waals surface area contributed by atoms with E-state index in [9.17, 15) is 9.18 Å². The maximum absolute atomic E-state index is 14.1. The maximum atomic E-state index is 14.1. The Balaban J connectivity index is 1.58. The lowest BCUT2D eigenvalue weighted by molar-refractivity contribution is 0.0270. The molecule has 0 spiro atoms. The summed E-state index contributed by atoms with van der Waals surface area (Å²) in [5.74, 6) is 0.445. The molecule has 0 aliphatic carbocycles. The van der Waals surface area contributed by atoms with E-state index in [1.165, 1.54) is 12.1 Å². The fourth-order valence-electron chi connectivity index (χ4n) is 4.36. The number of anilines is 1. The van der Waals surface area contributed by atoms with Crippen molar-refractivity contribution < 1.29 is 23.4 Å². The molecule has 1 aromatic carbocycles. The molecule has 2 aromatic heterocycles. The molecule has 218 valence electrons. The van der Waals surface area contributed by atoms with Gasteiger partial charge in [0.15, 0.2) is 11.6 Å². The molecule has 0 fully saturated rings. The Morgan fingerprint density at radius 3 is 2.46 bits per heavy atom. The minimum absolute atomic E-state index is 0.111. The van der Waals surface area contributed by atoms with Crippen LogP contribution in [0.5, 0.6) is 11.5 Å². The van der Waals surface area contributed by atoms with Gasteiger partial charge in [-0.2, -0.15) is 0 Å². The second-order valence-corrected chi connectivity index (χ2v) is 11.3. The van der Waals surface area contributed by atoms with Crippen molar-refractivity contribution in [3.63, 3.8) is 0 Å². The predicted molar refractivity (Wildman–Crippen MR) is 159 cm³/mol. The standard InChI is InChI=1S/C30H33Cl2FN4O4/c1-6-39-23-13-19(15-35-27(23)18-9-11-37(12-10-18)29(38)41-30(3,4)5)20-14-24(28(34)36-16-20)40-17(2)25-21(31)7-8-22(33)26(25)32/h7-9,13-17H,6,10-12H2,1-5H3,(H2,34,36). The van der Waals surface area contributed by atoms with Crippen LogP contribution in [0.2, 0.25) is 10.0 Å². The van der Waals surface area contributed by atoms with Gasteiger partial charge in [0.25, 0.3) is 0 Å². The zero-order valence-electron chi connectivity index (χ0n) is 23.6. The average Bonchev–Trinajstić information content (AvgIpc) is 2.91. The normalized spacial score (nSPS) is 14.3. The van der Waals surface area contributed by atoms with E-state index < -0.39 is 17.5 Å². The molecule has 1 amide bonds. The molecule has 1 aliphatic heterocycles. The van der Waals surface area contributed by atoms with Crippen LogP contribution in [0.1, 0.15) is 58.4 Å². The van der Waals surface area contributed by atoms with Crippen molar-refractivity contribution in [3.8, 4) is 22.6 Å². The summed E-state index contributed by atoms with van der Waals surface area (Å²) in [7, 11) is 0. The highest BCUT2D eigenvalue weighted by Gasteiger charge is 2.25. The molecule has 11 heteroatoms. The number of nitrogen functional groups attached to an aromatic ring is 1. The molecule has 0 saturated carbocycles. The SMILES string of the molecule is CCOc1cc(-c2cnc(N)c(OC(C)c3c(Cl)ccc(F)c3Cl)c2)cnc1C1=CCN(C(=O)OC(C)(C)C)CC1. The number of nitrogens with two attached hydrogens (primary N) is 1. The Hall–Kier alpha value is -3.56. The fraction of sp³-hybridized carbons (Fsp3) is 0.367. The van der Waals surface area contributed by atoms with Crippen LogP contribution in [0.3, 0.4) is 0 Å². The van der Waals surface area contributed by atoms with E-state index in [1.807, 2.05) is 39.8 Å². The Kier molecular flexibility index (Phi) is 9.29. The number of carbonyl (C=O) groups is 1. The van der Waals surface area contributed by atoms with Crippen molar-refractivity contribution in [3.05, 3.63) is 69.9 Å². The van der Waals surface area contributed by atoms with Gasteiger partial charge in [0.05, 0.1) is 11.6 Å². The number of aromatic nitrogens is 2. The zero-order valence-corrected chi connectivity index (χ0v) is 25.1. The van der Waals surface area contributed by atoms with E-state index in [1.54, 1.807) is 30.3 Å². The van der Waals surface area contributed by atoms with Gasteiger partial charge in [-0.15, -0.1) is 0 Å². The van der Waals surface area contributed by atoms with Crippen LogP contribution in [0.4, 0.5) is 15.0 Å². The van der Waals surface area contributed by atoms with Gasteiger partial charge >= 0.3 is 6.09 Å². The monoisotopic (exact) mass is 602 g/mol. The van der Waals surface area contributed by atoms with Crippen molar-refractivity contribution in [2.24, 2.45) is 0 Å². The molecule has 3 heterocycles. The number of nitrogens with zero attached hydrogens (tertiary/aromatic N) is 3. The summed E-state index contributed by atoms with van der Waals surface area (Å²) in [6.45, 7) is 10.5. The van der Waals surface area contributed by atoms with Crippen molar-refractivity contribution in [2.45, 2.75) is 52.7 Å². The number of hydrogen-bond donors (Lipinski definition) is 1. The van der Waals surface area contributed by atoms with E-state index in [0.29, 0.717) is 48.7 Å². The van der Waals surface area contributed by atoms with Gasteiger partial charge < -0.3 is 24.8 Å². The largest absolute Gasteiger partial charge is 0.492 e. The van der Waals surface area contributed by atoms with Crippen LogP contribution >= 0.6 is 23.2 Å². The van der Waals surface area contributed by atoms with Crippen LogP contribution in [-0.2, 0) is 4.74 Å². The lowest BCUT2D eigenvalue weighted by Crippen LogP contribution is -2.39. The number of rotatable bonds is 7. The first kappa shape index (κ1) is 30.4. The Bertz CT molecular complexity index is 1480. The first-order chi connectivity index (χ1) is 19.4. The lowest BCUT2D eigenvalue weighted by atomic mass is 10.0. The van der Waals surface area contributed by atoms with Gasteiger partial charge in [-0.25, -0.2) is 14.2 Å². The quantitative estimate of drug-likeness (QED) is 0.276. The third kappa shape index (κ3) is 7.21. The summed E-state index contributed by atoms with van der Waals surface area (Å²) in [6.07, 6.45) is 4.86. The van der Waals surface area contributed by atoms with E-state index in [2.05, 4.69) is 4.98 Å². The lowest BCUT2D eigenvalue weighted by Gasteiger charge is -2.29. The summed E-state index contributed by atoms with van der Waals surface area (Å²) in [5.41, 5.74) is 8.98. The third-order valence-corrected chi connectivity index (χ3v) is 7.04. The number of pyridine rings is 2. The summed E-state index contributed by atoms with van der Waals surface area (Å²) in [5, 5.41) is 0.166. The summed E-state index contributed by atoms with van der Waals surface area (Å²) < 4.78 is 31.6. The van der Waals surface area contributed by atoms with Gasteiger partial charge in [-0.1, -0.05) is 29.3 Å². The summed E-state index contributed by atoms with van der Waals surface area (Å²) in [4.78, 5) is 23.1. The highest BCUT2D eigenvalue weighted by Crippen LogP contribution is 2.38. The molecule has 0 bridgehead atoms. The summed E-state index contributed by atoms with van der Waals surface area (Å²) >= 11 is 12.4. The molecule has 1 unspecified atom stereocenters. The van der Waals surface area contributed by atoms with Crippen molar-refractivity contribution >= 4 is 40.7 Å². The maximum Gasteiger partial charge on any atom is 0.410 e. The molecule has 8 nitrogen and oxygen atoms in total. The van der Waals surface area contributed by atoms with Crippen molar-refractivity contribution in [2.75, 3.05) is 25.4 Å². The Morgan fingerprint density at radius 1 is 1.15 bits per heavy atom. The number of halogens is 3. The molecular weight excluding hydrogens is 570 g/mol. The molecule has 1 atom stereocenters. The Morgan fingerprint density at radius 2 is 1.83 bits per heavy atom. The molecule has 2 N–H and O–H groups in total. The van der Waals surface area contributed by atoms with Crippen LogP contribution in [0.15, 0.2) is 42.7 Å². The molecule has 41 heavy (non-hydrogen) atoms. The van der Waals surface area contributed by atoms with Gasteiger partial charge in [0.1, 0.15) is 29.0 Å². The predicted octanol–water partition coefficient (Wildman–Crippen LogP) is 7.73. The third-order valence-electron chi connectivity index (χ3n) is 6.32. The number of ether oxygens (including phenoxy) is 3. The minimum atomic E-state index is -0.706. The topological polar surface area (TPSA) is 99.8 Å². The molecule has 0 saturated heterocycles.